The molecule has 0 aromatic heterocycles. The maximum absolute atomic E-state index is 10.9. The summed E-state index contributed by atoms with van der Waals surface area (Å²) in [6.07, 6.45) is -1.71. The van der Waals surface area contributed by atoms with Gasteiger partial charge in [0.1, 0.15) is 61.6 Å². The highest BCUT2D eigenvalue weighted by Gasteiger charge is 2.19. The summed E-state index contributed by atoms with van der Waals surface area (Å²) < 4.78 is 24.6. The zero-order chi connectivity index (χ0) is 31.3. The predicted octanol–water partition coefficient (Wildman–Crippen LogP) is 7.94. The first-order chi connectivity index (χ1) is 22.7. The molecule has 6 nitrogen and oxygen atoms in total. The third-order valence-electron chi connectivity index (χ3n) is 8.03. The van der Waals surface area contributed by atoms with Crippen LogP contribution < -0.4 is 18.9 Å². The minimum absolute atomic E-state index is 0.0448. The maximum atomic E-state index is 10.9. The SMILES string of the molecule is OC(COc1cccc2ccccc12)COc1c2ccccc2c(OCC(O)COc2cccc3ccccc23)c2ccccc12. The van der Waals surface area contributed by atoms with Crippen LogP contribution in [0.1, 0.15) is 0 Å². The number of benzene rings is 7. The van der Waals surface area contributed by atoms with Crippen molar-refractivity contribution < 1.29 is 29.2 Å². The number of ether oxygens (including phenoxy) is 4. The Morgan fingerprint density at radius 3 is 1.04 bits per heavy atom. The van der Waals surface area contributed by atoms with E-state index in [1.807, 2.05) is 133 Å². The van der Waals surface area contributed by atoms with E-state index >= 15 is 0 Å². The highest BCUT2D eigenvalue weighted by Crippen LogP contribution is 2.43. The van der Waals surface area contributed by atoms with Crippen molar-refractivity contribution in [3.63, 3.8) is 0 Å². The van der Waals surface area contributed by atoms with Gasteiger partial charge in [0, 0.05) is 32.3 Å². The summed E-state index contributed by atoms with van der Waals surface area (Å²) in [4.78, 5) is 0. The molecule has 0 saturated heterocycles. The summed E-state index contributed by atoms with van der Waals surface area (Å²) in [5, 5.41) is 29.3. The molecule has 0 aliphatic heterocycles. The van der Waals surface area contributed by atoms with Gasteiger partial charge in [-0.1, -0.05) is 121 Å². The quantitative estimate of drug-likeness (QED) is 0.137. The van der Waals surface area contributed by atoms with E-state index in [9.17, 15) is 10.2 Å². The first-order valence-corrected chi connectivity index (χ1v) is 15.4. The van der Waals surface area contributed by atoms with Crippen molar-refractivity contribution >= 4 is 43.1 Å². The lowest BCUT2D eigenvalue weighted by Crippen LogP contribution is -2.25. The van der Waals surface area contributed by atoms with Gasteiger partial charge in [0.25, 0.3) is 0 Å². The Hall–Kier alpha value is -5.30. The molecule has 0 spiro atoms. The molecule has 7 rings (SSSR count). The molecule has 46 heavy (non-hydrogen) atoms. The van der Waals surface area contributed by atoms with Gasteiger partial charge < -0.3 is 29.2 Å². The second kappa shape index (κ2) is 13.4. The minimum Gasteiger partial charge on any atom is -0.490 e. The Balaban J connectivity index is 1.07. The Bertz CT molecular complexity index is 1900. The van der Waals surface area contributed by atoms with Crippen LogP contribution in [0.3, 0.4) is 0 Å². The first kappa shape index (κ1) is 29.4. The largest absolute Gasteiger partial charge is 0.490 e. The van der Waals surface area contributed by atoms with E-state index < -0.39 is 12.2 Å². The van der Waals surface area contributed by atoms with E-state index in [4.69, 9.17) is 18.9 Å². The molecule has 0 amide bonds. The van der Waals surface area contributed by atoms with Gasteiger partial charge in [0.15, 0.2) is 0 Å². The number of hydrogen-bond acceptors (Lipinski definition) is 6. The summed E-state index contributed by atoms with van der Waals surface area (Å²) in [6.45, 7) is 0.264. The fourth-order valence-electron chi connectivity index (χ4n) is 5.83. The lowest BCUT2D eigenvalue weighted by molar-refractivity contribution is 0.0634. The van der Waals surface area contributed by atoms with E-state index in [1.165, 1.54) is 0 Å². The monoisotopic (exact) mass is 610 g/mol. The summed E-state index contributed by atoms with van der Waals surface area (Å²) in [5.74, 6) is 2.75. The zero-order valence-electron chi connectivity index (χ0n) is 25.2. The van der Waals surface area contributed by atoms with Crippen molar-refractivity contribution in [3.05, 3.63) is 133 Å². The van der Waals surface area contributed by atoms with E-state index in [-0.39, 0.29) is 26.4 Å². The van der Waals surface area contributed by atoms with Crippen LogP contribution in [0.5, 0.6) is 23.0 Å². The van der Waals surface area contributed by atoms with Gasteiger partial charge in [-0.2, -0.15) is 0 Å². The molecule has 2 N–H and O–H groups in total. The molecule has 0 heterocycles. The van der Waals surface area contributed by atoms with Crippen molar-refractivity contribution in [3.8, 4) is 23.0 Å². The molecule has 0 aliphatic carbocycles. The van der Waals surface area contributed by atoms with Crippen molar-refractivity contribution in [1.82, 2.24) is 0 Å². The molecule has 0 saturated carbocycles. The van der Waals surface area contributed by atoms with Gasteiger partial charge >= 0.3 is 0 Å². The Morgan fingerprint density at radius 2 is 0.652 bits per heavy atom. The number of aliphatic hydroxyl groups excluding tert-OH is 2. The van der Waals surface area contributed by atoms with Crippen molar-refractivity contribution in [1.29, 1.82) is 0 Å². The Kier molecular flexibility index (Phi) is 8.55. The third kappa shape index (κ3) is 6.13. The number of aliphatic hydroxyl groups is 2. The molecule has 7 aromatic carbocycles. The second-order valence-electron chi connectivity index (χ2n) is 11.3. The summed E-state index contributed by atoms with van der Waals surface area (Å²) in [6, 6.07) is 43.5. The molecule has 230 valence electrons. The van der Waals surface area contributed by atoms with E-state index in [1.54, 1.807) is 0 Å². The lowest BCUT2D eigenvalue weighted by Gasteiger charge is -2.20. The van der Waals surface area contributed by atoms with Crippen molar-refractivity contribution in [2.24, 2.45) is 0 Å². The van der Waals surface area contributed by atoms with Gasteiger partial charge in [-0.05, 0) is 22.9 Å². The van der Waals surface area contributed by atoms with Crippen LogP contribution in [0.2, 0.25) is 0 Å². The van der Waals surface area contributed by atoms with Crippen LogP contribution in [0.4, 0.5) is 0 Å². The second-order valence-corrected chi connectivity index (χ2v) is 11.3. The minimum atomic E-state index is -0.857. The molecule has 2 atom stereocenters. The first-order valence-electron chi connectivity index (χ1n) is 15.4. The standard InChI is InChI=1S/C40H34O6/c41-29(23-43-37-21-9-13-27-11-1-3-15-31(27)37)25-45-39-33-17-5-7-19-35(33)40(36-20-8-6-18-34(36)39)46-26-30(42)24-44-38-22-10-14-28-12-2-4-16-32(28)38/h1-22,29-30,41-42H,23-26H2. The molecule has 0 aliphatic rings. The maximum Gasteiger partial charge on any atom is 0.135 e. The third-order valence-corrected chi connectivity index (χ3v) is 8.03. The molecular weight excluding hydrogens is 576 g/mol. The molecule has 0 fully saturated rings. The molecule has 7 aromatic rings. The topological polar surface area (TPSA) is 77.4 Å². The smallest absolute Gasteiger partial charge is 0.135 e. The van der Waals surface area contributed by atoms with Gasteiger partial charge in [0.05, 0.1) is 0 Å². The molecule has 0 radical (unpaired) electrons. The molecule has 2 unspecified atom stereocenters. The normalized spacial score (nSPS) is 12.7. The summed E-state index contributed by atoms with van der Waals surface area (Å²) in [5.41, 5.74) is 0. The number of rotatable bonds is 12. The van der Waals surface area contributed by atoms with Crippen molar-refractivity contribution in [2.75, 3.05) is 26.4 Å². The average Bonchev–Trinajstić information content (AvgIpc) is 3.11. The van der Waals surface area contributed by atoms with Crippen molar-refractivity contribution in [2.45, 2.75) is 12.2 Å². The van der Waals surface area contributed by atoms with Crippen LogP contribution in [0.25, 0.3) is 43.1 Å². The van der Waals surface area contributed by atoms with Crippen LogP contribution >= 0.6 is 0 Å². The van der Waals surface area contributed by atoms with E-state index in [0.29, 0.717) is 11.5 Å². The predicted molar refractivity (Wildman–Crippen MR) is 183 cm³/mol. The van der Waals surface area contributed by atoms with Crippen LogP contribution in [-0.2, 0) is 0 Å². The molecule has 0 bridgehead atoms. The van der Waals surface area contributed by atoms with Crippen LogP contribution in [0.15, 0.2) is 133 Å². The average molecular weight is 611 g/mol. The van der Waals surface area contributed by atoms with Crippen LogP contribution in [-0.4, -0.2) is 48.8 Å². The summed E-state index contributed by atoms with van der Waals surface area (Å²) >= 11 is 0. The fraction of sp³-hybridized carbons (Fsp3) is 0.150. The van der Waals surface area contributed by atoms with Gasteiger partial charge in [-0.15, -0.1) is 0 Å². The van der Waals surface area contributed by atoms with E-state index in [0.717, 1.165) is 54.6 Å². The fourth-order valence-corrected chi connectivity index (χ4v) is 5.83. The highest BCUT2D eigenvalue weighted by molar-refractivity contribution is 6.11. The lowest BCUT2D eigenvalue weighted by atomic mass is 10.0. The summed E-state index contributed by atoms with van der Waals surface area (Å²) in [7, 11) is 0. The van der Waals surface area contributed by atoms with E-state index in [2.05, 4.69) is 0 Å². The molecular formula is C40H34O6. The van der Waals surface area contributed by atoms with Gasteiger partial charge in [0.2, 0.25) is 0 Å². The molecule has 6 heteroatoms. The Morgan fingerprint density at radius 1 is 0.348 bits per heavy atom. The van der Waals surface area contributed by atoms with Crippen LogP contribution in [0, 0.1) is 0 Å². The highest BCUT2D eigenvalue weighted by atomic mass is 16.5. The van der Waals surface area contributed by atoms with Gasteiger partial charge in [-0.3, -0.25) is 0 Å². The number of fused-ring (bicyclic) bond motifs is 4. The zero-order valence-corrected chi connectivity index (χ0v) is 25.2. The Labute approximate surface area is 267 Å². The van der Waals surface area contributed by atoms with Gasteiger partial charge in [-0.25, -0.2) is 0 Å². The number of hydrogen-bond donors (Lipinski definition) is 2.